The van der Waals surface area contributed by atoms with Gasteiger partial charge in [0, 0.05) is 18.8 Å². The van der Waals surface area contributed by atoms with E-state index in [0.717, 1.165) is 0 Å². The van der Waals surface area contributed by atoms with Crippen molar-refractivity contribution in [1.29, 1.82) is 0 Å². The Morgan fingerprint density at radius 2 is 1.93 bits per heavy atom. The maximum atomic E-state index is 4.01. The lowest BCUT2D eigenvalue weighted by Crippen LogP contribution is -2.29. The third kappa shape index (κ3) is 2.62. The Bertz CT molecular complexity index is 366. The molecule has 0 aliphatic carbocycles. The molecule has 0 radical (unpaired) electrons. The zero-order chi connectivity index (χ0) is 11.6. The second-order valence-electron chi connectivity index (χ2n) is 4.42. The summed E-state index contributed by atoms with van der Waals surface area (Å²) in [6, 6.07) is 6.94. The molecule has 0 spiro atoms. The Kier molecular flexibility index (Phi) is 3.57. The molecular formula is C14H21N. The van der Waals surface area contributed by atoms with Crippen LogP contribution in [0.3, 0.4) is 0 Å². The van der Waals surface area contributed by atoms with Crippen molar-refractivity contribution in [3.8, 4) is 0 Å². The molecule has 0 bridgehead atoms. The molecule has 1 rings (SSSR count). The maximum absolute atomic E-state index is 4.01. The van der Waals surface area contributed by atoms with E-state index in [1.807, 2.05) is 0 Å². The normalized spacial score (nSPS) is 12.3. The van der Waals surface area contributed by atoms with E-state index in [-0.39, 0.29) is 0 Å². The van der Waals surface area contributed by atoms with Crippen LogP contribution in [0.1, 0.15) is 25.0 Å². The molecule has 1 aromatic rings. The topological polar surface area (TPSA) is 3.24 Å². The summed E-state index contributed by atoms with van der Waals surface area (Å²) in [6.45, 7) is 12.5. The fourth-order valence-electron chi connectivity index (χ4n) is 1.74. The summed E-state index contributed by atoms with van der Waals surface area (Å²) in [5, 5.41) is 0. The van der Waals surface area contributed by atoms with Gasteiger partial charge in [0.15, 0.2) is 0 Å². The van der Waals surface area contributed by atoms with E-state index in [1.54, 1.807) is 0 Å². The number of aryl methyl sites for hydroxylation is 2. The Morgan fingerprint density at radius 3 is 2.40 bits per heavy atom. The number of hydrogen-bond acceptors (Lipinski definition) is 1. The number of benzene rings is 1. The Labute approximate surface area is 93.4 Å². The molecule has 1 nitrogen and oxygen atoms in total. The summed E-state index contributed by atoms with van der Waals surface area (Å²) >= 11 is 0. The van der Waals surface area contributed by atoms with Gasteiger partial charge < -0.3 is 4.90 Å². The largest absolute Gasteiger partial charge is 0.368 e. The summed E-state index contributed by atoms with van der Waals surface area (Å²) in [5.74, 6) is 0. The van der Waals surface area contributed by atoms with Crippen LogP contribution in [0.5, 0.6) is 0 Å². The summed E-state index contributed by atoms with van der Waals surface area (Å²) in [7, 11) is 2.12. The fourth-order valence-corrected chi connectivity index (χ4v) is 1.74. The van der Waals surface area contributed by atoms with Gasteiger partial charge in [0.1, 0.15) is 0 Å². The van der Waals surface area contributed by atoms with E-state index >= 15 is 0 Å². The lowest BCUT2D eigenvalue weighted by atomic mass is 10.1. The monoisotopic (exact) mass is 203 g/mol. The molecule has 0 saturated heterocycles. The van der Waals surface area contributed by atoms with Gasteiger partial charge in [-0.3, -0.25) is 0 Å². The smallest absolute Gasteiger partial charge is 0.0465 e. The van der Waals surface area contributed by atoms with E-state index < -0.39 is 0 Å². The van der Waals surface area contributed by atoms with Crippen molar-refractivity contribution in [2.24, 2.45) is 0 Å². The molecule has 1 unspecified atom stereocenters. The number of rotatable bonds is 3. The van der Waals surface area contributed by atoms with E-state index in [2.05, 4.69) is 64.4 Å². The minimum atomic E-state index is 0.381. The standard InChI is InChI=1S/C14H21N/c1-10(2)13(5)15(6)14-8-7-11(3)9-12(14)4/h7-9,13H,1H2,2-6H3. The molecule has 0 aliphatic rings. The first-order valence-electron chi connectivity index (χ1n) is 5.39. The summed E-state index contributed by atoms with van der Waals surface area (Å²) in [4.78, 5) is 2.27. The van der Waals surface area contributed by atoms with Crippen LogP contribution >= 0.6 is 0 Å². The van der Waals surface area contributed by atoms with E-state index in [4.69, 9.17) is 0 Å². The SMILES string of the molecule is C=C(C)C(C)N(C)c1ccc(C)cc1C. The molecule has 0 aromatic heterocycles. The molecule has 0 fully saturated rings. The molecule has 82 valence electrons. The molecule has 0 N–H and O–H groups in total. The summed E-state index contributed by atoms with van der Waals surface area (Å²) in [5.41, 5.74) is 5.12. The van der Waals surface area contributed by atoms with Gasteiger partial charge in [0.2, 0.25) is 0 Å². The molecule has 1 heteroatoms. The van der Waals surface area contributed by atoms with Gasteiger partial charge in [-0.05, 0) is 39.3 Å². The van der Waals surface area contributed by atoms with Crippen molar-refractivity contribution in [2.45, 2.75) is 33.7 Å². The molecule has 1 atom stereocenters. The van der Waals surface area contributed by atoms with Gasteiger partial charge >= 0.3 is 0 Å². The average molecular weight is 203 g/mol. The molecular weight excluding hydrogens is 182 g/mol. The summed E-state index contributed by atoms with van der Waals surface area (Å²) in [6.07, 6.45) is 0. The third-order valence-corrected chi connectivity index (χ3v) is 3.03. The lowest BCUT2D eigenvalue weighted by Gasteiger charge is -2.29. The highest BCUT2D eigenvalue weighted by Crippen LogP contribution is 2.23. The third-order valence-electron chi connectivity index (χ3n) is 3.03. The van der Waals surface area contributed by atoms with Gasteiger partial charge in [0.05, 0.1) is 0 Å². The summed E-state index contributed by atoms with van der Waals surface area (Å²) < 4.78 is 0. The van der Waals surface area contributed by atoms with E-state index in [0.29, 0.717) is 6.04 Å². The Morgan fingerprint density at radius 1 is 1.33 bits per heavy atom. The highest BCUT2D eigenvalue weighted by atomic mass is 15.1. The molecule has 0 heterocycles. The van der Waals surface area contributed by atoms with Crippen LogP contribution in [0.2, 0.25) is 0 Å². The molecule has 0 amide bonds. The quantitative estimate of drug-likeness (QED) is 0.677. The van der Waals surface area contributed by atoms with Gasteiger partial charge in [0.25, 0.3) is 0 Å². The van der Waals surface area contributed by atoms with Crippen LogP contribution < -0.4 is 4.90 Å². The lowest BCUT2D eigenvalue weighted by molar-refractivity contribution is 0.779. The van der Waals surface area contributed by atoms with E-state index in [9.17, 15) is 0 Å². The predicted octanol–water partition coefficient (Wildman–Crippen LogP) is 3.70. The Hall–Kier alpha value is -1.24. The maximum Gasteiger partial charge on any atom is 0.0465 e. The minimum absolute atomic E-state index is 0.381. The first-order chi connectivity index (χ1) is 6.93. The second-order valence-corrected chi connectivity index (χ2v) is 4.42. The van der Waals surface area contributed by atoms with Gasteiger partial charge in [-0.2, -0.15) is 0 Å². The van der Waals surface area contributed by atoms with Crippen molar-refractivity contribution in [1.82, 2.24) is 0 Å². The first kappa shape index (κ1) is 11.8. The first-order valence-corrected chi connectivity index (χ1v) is 5.39. The second kappa shape index (κ2) is 4.52. The number of anilines is 1. The van der Waals surface area contributed by atoms with Crippen molar-refractivity contribution >= 4 is 5.69 Å². The van der Waals surface area contributed by atoms with Crippen molar-refractivity contribution < 1.29 is 0 Å². The van der Waals surface area contributed by atoms with Gasteiger partial charge in [-0.15, -0.1) is 0 Å². The number of hydrogen-bond donors (Lipinski definition) is 0. The fraction of sp³-hybridized carbons (Fsp3) is 0.429. The van der Waals surface area contributed by atoms with Crippen LogP contribution in [0.4, 0.5) is 5.69 Å². The van der Waals surface area contributed by atoms with Crippen LogP contribution in [0.15, 0.2) is 30.4 Å². The Balaban J connectivity index is 3.01. The molecule has 15 heavy (non-hydrogen) atoms. The number of nitrogens with zero attached hydrogens (tertiary/aromatic N) is 1. The van der Waals surface area contributed by atoms with Crippen molar-refractivity contribution in [3.63, 3.8) is 0 Å². The van der Waals surface area contributed by atoms with Crippen LogP contribution in [0.25, 0.3) is 0 Å². The number of likely N-dealkylation sites (N-methyl/N-ethyl adjacent to an activating group) is 1. The molecule has 0 aliphatic heterocycles. The van der Waals surface area contributed by atoms with Crippen LogP contribution in [-0.2, 0) is 0 Å². The van der Waals surface area contributed by atoms with Crippen molar-refractivity contribution in [2.75, 3.05) is 11.9 Å². The van der Waals surface area contributed by atoms with Crippen molar-refractivity contribution in [3.05, 3.63) is 41.5 Å². The van der Waals surface area contributed by atoms with Crippen LogP contribution in [0, 0.1) is 13.8 Å². The predicted molar refractivity (Wildman–Crippen MR) is 68.6 cm³/mol. The van der Waals surface area contributed by atoms with Crippen LogP contribution in [-0.4, -0.2) is 13.1 Å². The van der Waals surface area contributed by atoms with Gasteiger partial charge in [-0.1, -0.05) is 29.8 Å². The van der Waals surface area contributed by atoms with Gasteiger partial charge in [-0.25, -0.2) is 0 Å². The molecule has 1 aromatic carbocycles. The highest BCUT2D eigenvalue weighted by molar-refractivity contribution is 5.55. The highest BCUT2D eigenvalue weighted by Gasteiger charge is 2.11. The molecule has 0 saturated carbocycles. The zero-order valence-corrected chi connectivity index (χ0v) is 10.5. The zero-order valence-electron chi connectivity index (χ0n) is 10.5. The minimum Gasteiger partial charge on any atom is -0.368 e. The average Bonchev–Trinajstić information content (AvgIpc) is 2.15. The van der Waals surface area contributed by atoms with E-state index in [1.165, 1.54) is 22.4 Å².